The fraction of sp³-hybridized carbons (Fsp3) is 0.429. The van der Waals surface area contributed by atoms with E-state index in [9.17, 15) is 18.0 Å². The summed E-state index contributed by atoms with van der Waals surface area (Å²) in [6.45, 7) is 1.84. The first-order valence-corrected chi connectivity index (χ1v) is 7.94. The Hall–Kier alpha value is -1.49. The van der Waals surface area contributed by atoms with Gasteiger partial charge in [0.15, 0.2) is 9.84 Å². The Morgan fingerprint density at radius 1 is 1.11 bits per heavy atom. The van der Waals surface area contributed by atoms with E-state index in [1.165, 1.54) is 6.07 Å². The molecule has 0 aliphatic heterocycles. The predicted octanol–water partition coefficient (Wildman–Crippen LogP) is 1.67. The molecule has 2 rings (SSSR count). The molecule has 1 saturated carbocycles. The summed E-state index contributed by atoms with van der Waals surface area (Å²) in [6, 6.07) is 6.52. The molecule has 0 N–H and O–H groups in total. The van der Waals surface area contributed by atoms with Gasteiger partial charge in [0.05, 0.1) is 11.3 Å². The number of carbonyl (C=O) groups excluding carboxylic acids is 2. The Balaban J connectivity index is 2.46. The van der Waals surface area contributed by atoms with Crippen molar-refractivity contribution < 1.29 is 18.0 Å². The molecule has 0 spiro atoms. The van der Waals surface area contributed by atoms with Crippen LogP contribution in [0, 0.1) is 0 Å². The lowest BCUT2D eigenvalue weighted by molar-refractivity contribution is -0.131. The van der Waals surface area contributed by atoms with E-state index in [1.807, 2.05) is 6.92 Å². The molecule has 0 saturated heterocycles. The summed E-state index contributed by atoms with van der Waals surface area (Å²) >= 11 is 0. The van der Waals surface area contributed by atoms with Crippen LogP contribution in [-0.2, 0) is 24.8 Å². The molecule has 1 aromatic carbocycles. The van der Waals surface area contributed by atoms with Crippen molar-refractivity contribution in [1.82, 2.24) is 0 Å². The number of rotatable bonds is 2. The van der Waals surface area contributed by atoms with Crippen molar-refractivity contribution in [2.24, 2.45) is 0 Å². The van der Waals surface area contributed by atoms with Gasteiger partial charge in [0.2, 0.25) is 0 Å². The lowest BCUT2D eigenvalue weighted by Crippen LogP contribution is -2.35. The highest BCUT2D eigenvalue weighted by molar-refractivity contribution is 7.90. The summed E-state index contributed by atoms with van der Waals surface area (Å²) < 4.78 is 23.1. The number of hydrogen-bond donors (Lipinski definition) is 0. The second-order valence-electron chi connectivity index (χ2n) is 5.47. The second kappa shape index (κ2) is 4.56. The van der Waals surface area contributed by atoms with Gasteiger partial charge in [0.25, 0.3) is 0 Å². The van der Waals surface area contributed by atoms with Crippen molar-refractivity contribution in [2.45, 2.75) is 36.5 Å². The van der Waals surface area contributed by atoms with E-state index in [4.69, 9.17) is 0 Å². The summed E-state index contributed by atoms with van der Waals surface area (Å²) in [6.07, 6.45) is 1.71. The highest BCUT2D eigenvalue weighted by Gasteiger charge is 2.37. The molecule has 0 bridgehead atoms. The van der Waals surface area contributed by atoms with Gasteiger partial charge in [-0.25, -0.2) is 8.42 Å². The van der Waals surface area contributed by atoms with Crippen molar-refractivity contribution in [3.05, 3.63) is 29.8 Å². The van der Waals surface area contributed by atoms with Gasteiger partial charge < -0.3 is 0 Å². The minimum absolute atomic E-state index is 0.00135. The molecule has 19 heavy (non-hydrogen) atoms. The van der Waals surface area contributed by atoms with Crippen LogP contribution in [0.15, 0.2) is 29.2 Å². The van der Waals surface area contributed by atoms with Crippen LogP contribution in [0.4, 0.5) is 0 Å². The molecule has 0 heterocycles. The standard InChI is InChI=1S/C14H16O4S/c1-14(8-11(15)7-12(16)9-14)10-4-3-5-13(6-10)19(2,17)18/h3-6H,7-9H2,1-2H3. The number of sulfone groups is 1. The van der Waals surface area contributed by atoms with E-state index in [2.05, 4.69) is 0 Å². The average molecular weight is 280 g/mol. The van der Waals surface area contributed by atoms with Crippen LogP contribution in [0.5, 0.6) is 0 Å². The zero-order valence-electron chi connectivity index (χ0n) is 11.0. The van der Waals surface area contributed by atoms with Crippen LogP contribution in [0.25, 0.3) is 0 Å². The predicted molar refractivity (Wildman–Crippen MR) is 70.8 cm³/mol. The quantitative estimate of drug-likeness (QED) is 0.773. The van der Waals surface area contributed by atoms with Crippen LogP contribution in [0.2, 0.25) is 0 Å². The molecule has 5 heteroatoms. The van der Waals surface area contributed by atoms with E-state index < -0.39 is 15.3 Å². The van der Waals surface area contributed by atoms with Crippen LogP contribution < -0.4 is 0 Å². The third kappa shape index (κ3) is 2.92. The van der Waals surface area contributed by atoms with E-state index >= 15 is 0 Å². The molecule has 102 valence electrons. The number of Topliss-reactive ketones (excluding diaryl/α,β-unsaturated/α-hetero) is 2. The highest BCUT2D eigenvalue weighted by atomic mass is 32.2. The van der Waals surface area contributed by atoms with Crippen molar-refractivity contribution in [3.63, 3.8) is 0 Å². The molecule has 0 amide bonds. The molecular weight excluding hydrogens is 264 g/mol. The fourth-order valence-electron chi connectivity index (χ4n) is 2.58. The summed E-state index contributed by atoms with van der Waals surface area (Å²) in [4.78, 5) is 23.4. The second-order valence-corrected chi connectivity index (χ2v) is 7.48. The third-order valence-corrected chi connectivity index (χ3v) is 4.64. The zero-order chi connectivity index (χ0) is 14.3. The van der Waals surface area contributed by atoms with Gasteiger partial charge in [-0.2, -0.15) is 0 Å². The largest absolute Gasteiger partial charge is 0.299 e. The topological polar surface area (TPSA) is 68.3 Å². The lowest BCUT2D eigenvalue weighted by atomic mass is 9.70. The Kier molecular flexibility index (Phi) is 3.34. The number of ketones is 2. The van der Waals surface area contributed by atoms with Crippen molar-refractivity contribution in [1.29, 1.82) is 0 Å². The third-order valence-electron chi connectivity index (χ3n) is 3.53. The molecule has 1 aliphatic carbocycles. The Morgan fingerprint density at radius 3 is 2.21 bits per heavy atom. The molecular formula is C14H16O4S. The summed E-state index contributed by atoms with van der Waals surface area (Å²) in [7, 11) is -3.29. The first kappa shape index (κ1) is 13.9. The maximum atomic E-state index is 11.6. The highest BCUT2D eigenvalue weighted by Crippen LogP contribution is 2.36. The van der Waals surface area contributed by atoms with Gasteiger partial charge in [0, 0.05) is 24.5 Å². The first-order valence-electron chi connectivity index (χ1n) is 6.05. The van der Waals surface area contributed by atoms with Crippen molar-refractivity contribution in [3.8, 4) is 0 Å². The normalized spacial score (nSPS) is 19.5. The first-order chi connectivity index (χ1) is 8.71. The molecule has 4 nitrogen and oxygen atoms in total. The Morgan fingerprint density at radius 2 is 1.68 bits per heavy atom. The van der Waals surface area contributed by atoms with E-state index in [1.54, 1.807) is 18.2 Å². The van der Waals surface area contributed by atoms with Crippen molar-refractivity contribution >= 4 is 21.4 Å². The maximum absolute atomic E-state index is 11.6. The average Bonchev–Trinajstić information content (AvgIpc) is 2.26. The Labute approximate surface area is 112 Å². The maximum Gasteiger partial charge on any atom is 0.175 e. The molecule has 0 radical (unpaired) electrons. The summed E-state index contributed by atoms with van der Waals surface area (Å²) in [5, 5.41) is 0. The lowest BCUT2D eigenvalue weighted by Gasteiger charge is -2.32. The smallest absolute Gasteiger partial charge is 0.175 e. The monoisotopic (exact) mass is 280 g/mol. The molecule has 0 unspecified atom stereocenters. The molecule has 1 fully saturated rings. The molecule has 1 aliphatic rings. The van der Waals surface area contributed by atoms with Gasteiger partial charge in [-0.15, -0.1) is 0 Å². The minimum Gasteiger partial charge on any atom is -0.299 e. The molecule has 1 aromatic rings. The van der Waals surface area contributed by atoms with E-state index in [0.29, 0.717) is 0 Å². The van der Waals surface area contributed by atoms with Gasteiger partial charge in [-0.05, 0) is 17.7 Å². The number of carbonyl (C=O) groups is 2. The van der Waals surface area contributed by atoms with E-state index in [0.717, 1.165) is 11.8 Å². The van der Waals surface area contributed by atoms with Gasteiger partial charge >= 0.3 is 0 Å². The van der Waals surface area contributed by atoms with Crippen LogP contribution in [-0.4, -0.2) is 26.2 Å². The van der Waals surface area contributed by atoms with E-state index in [-0.39, 0.29) is 35.7 Å². The summed E-state index contributed by atoms with van der Waals surface area (Å²) in [5.74, 6) is -0.160. The number of benzene rings is 1. The zero-order valence-corrected chi connectivity index (χ0v) is 11.8. The van der Waals surface area contributed by atoms with Gasteiger partial charge in [-0.1, -0.05) is 19.1 Å². The SMILES string of the molecule is CC1(c2cccc(S(C)(=O)=O)c2)CC(=O)CC(=O)C1. The van der Waals surface area contributed by atoms with Gasteiger partial charge in [0.1, 0.15) is 11.6 Å². The van der Waals surface area contributed by atoms with Crippen LogP contribution >= 0.6 is 0 Å². The van der Waals surface area contributed by atoms with Crippen LogP contribution in [0.1, 0.15) is 31.7 Å². The van der Waals surface area contributed by atoms with Crippen LogP contribution in [0.3, 0.4) is 0 Å². The van der Waals surface area contributed by atoms with Crippen molar-refractivity contribution in [2.75, 3.05) is 6.26 Å². The Bertz CT molecular complexity index is 627. The van der Waals surface area contributed by atoms with Gasteiger partial charge in [-0.3, -0.25) is 9.59 Å². The molecule has 0 aromatic heterocycles. The summed E-state index contributed by atoms with van der Waals surface area (Å²) in [5.41, 5.74) is 0.143. The number of hydrogen-bond acceptors (Lipinski definition) is 4. The molecule has 0 atom stereocenters. The fourth-order valence-corrected chi connectivity index (χ4v) is 3.25. The minimum atomic E-state index is -3.29.